The van der Waals surface area contributed by atoms with E-state index in [-0.39, 0.29) is 18.0 Å². The Balaban J connectivity index is 1.65. The van der Waals surface area contributed by atoms with Gasteiger partial charge in [0.2, 0.25) is 5.91 Å². The highest BCUT2D eigenvalue weighted by atomic mass is 19.1. The lowest BCUT2D eigenvalue weighted by Gasteiger charge is -2.48. The fraction of sp³-hybridized carbons (Fsp3) is 0.364. The number of carbonyl (C=O) groups is 2. The molecule has 0 atom stereocenters. The minimum atomic E-state index is -0.916. The third-order valence-electron chi connectivity index (χ3n) is 5.85. The molecule has 2 amide bonds. The van der Waals surface area contributed by atoms with Gasteiger partial charge in [0.25, 0.3) is 5.91 Å². The highest BCUT2D eigenvalue weighted by molar-refractivity contribution is 6.03. The molecule has 1 spiro atoms. The number of ether oxygens (including phenoxy) is 1. The van der Waals surface area contributed by atoms with Crippen LogP contribution in [0, 0.1) is 11.6 Å². The van der Waals surface area contributed by atoms with Crippen molar-refractivity contribution in [1.82, 2.24) is 4.90 Å². The molecule has 152 valence electrons. The first kappa shape index (κ1) is 19.4. The van der Waals surface area contributed by atoms with E-state index in [4.69, 9.17) is 4.74 Å². The lowest BCUT2D eigenvalue weighted by atomic mass is 9.90. The van der Waals surface area contributed by atoms with Gasteiger partial charge in [0, 0.05) is 18.3 Å². The van der Waals surface area contributed by atoms with Crippen LogP contribution in [0.25, 0.3) is 0 Å². The van der Waals surface area contributed by atoms with Crippen molar-refractivity contribution in [3.8, 4) is 5.75 Å². The van der Waals surface area contributed by atoms with Gasteiger partial charge in [-0.05, 0) is 49.2 Å². The van der Waals surface area contributed by atoms with E-state index in [0.717, 1.165) is 43.5 Å². The molecule has 0 unspecified atom stereocenters. The molecule has 29 heavy (non-hydrogen) atoms. The normalized spacial score (nSPS) is 18.4. The Morgan fingerprint density at radius 3 is 2.38 bits per heavy atom. The van der Waals surface area contributed by atoms with Crippen LogP contribution in [0.3, 0.4) is 0 Å². The van der Waals surface area contributed by atoms with Crippen LogP contribution in [0.15, 0.2) is 42.5 Å². The summed E-state index contributed by atoms with van der Waals surface area (Å²) in [7, 11) is 1.58. The lowest BCUT2D eigenvalue weighted by molar-refractivity contribution is -0.123. The summed E-state index contributed by atoms with van der Waals surface area (Å²) in [6.07, 6.45) is 3.43. The molecule has 0 aromatic heterocycles. The number of anilines is 1. The number of carbonyl (C=O) groups excluding carboxylic acids is 2. The molecule has 0 bridgehead atoms. The molecule has 1 heterocycles. The van der Waals surface area contributed by atoms with Crippen LogP contribution in [-0.2, 0) is 4.79 Å². The van der Waals surface area contributed by atoms with Crippen molar-refractivity contribution < 1.29 is 23.1 Å². The number of nitrogens with zero attached hydrogens (tertiary/aromatic N) is 2. The molecule has 2 aliphatic rings. The fourth-order valence-electron chi connectivity index (χ4n) is 4.52. The van der Waals surface area contributed by atoms with Crippen molar-refractivity contribution in [3.63, 3.8) is 0 Å². The predicted octanol–water partition coefficient (Wildman–Crippen LogP) is 3.78. The van der Waals surface area contributed by atoms with Gasteiger partial charge in [-0.1, -0.05) is 12.8 Å². The molecule has 7 heteroatoms. The number of methoxy groups -OCH3 is 1. The van der Waals surface area contributed by atoms with Crippen LogP contribution in [0.4, 0.5) is 14.5 Å². The Labute approximate surface area is 167 Å². The predicted molar refractivity (Wildman–Crippen MR) is 104 cm³/mol. The van der Waals surface area contributed by atoms with E-state index in [1.165, 1.54) is 4.90 Å². The second-order valence-electron chi connectivity index (χ2n) is 7.64. The molecule has 1 saturated carbocycles. The smallest absolute Gasteiger partial charge is 0.257 e. The van der Waals surface area contributed by atoms with Gasteiger partial charge >= 0.3 is 0 Å². The maximum atomic E-state index is 14.1. The summed E-state index contributed by atoms with van der Waals surface area (Å²) in [6.45, 7) is 0.170. The average molecular weight is 400 g/mol. The van der Waals surface area contributed by atoms with E-state index in [9.17, 15) is 18.4 Å². The van der Waals surface area contributed by atoms with Crippen LogP contribution in [0.1, 0.15) is 36.0 Å². The highest BCUT2D eigenvalue weighted by Crippen LogP contribution is 2.41. The van der Waals surface area contributed by atoms with E-state index in [0.29, 0.717) is 18.4 Å². The van der Waals surface area contributed by atoms with Gasteiger partial charge in [0.15, 0.2) is 0 Å². The zero-order valence-electron chi connectivity index (χ0n) is 16.2. The second kappa shape index (κ2) is 7.46. The first-order chi connectivity index (χ1) is 13.9. The van der Waals surface area contributed by atoms with Gasteiger partial charge in [-0.25, -0.2) is 8.78 Å². The average Bonchev–Trinajstić information content (AvgIpc) is 3.16. The molecule has 4 rings (SSSR count). The number of amides is 2. The molecule has 1 aliphatic heterocycles. The molecule has 0 radical (unpaired) electrons. The van der Waals surface area contributed by atoms with Crippen LogP contribution in [0.5, 0.6) is 5.75 Å². The van der Waals surface area contributed by atoms with Crippen molar-refractivity contribution in [2.24, 2.45) is 0 Å². The summed E-state index contributed by atoms with van der Waals surface area (Å²) in [5.74, 6) is -1.76. The second-order valence-corrected chi connectivity index (χ2v) is 7.64. The quantitative estimate of drug-likeness (QED) is 0.788. The van der Waals surface area contributed by atoms with Gasteiger partial charge in [-0.3, -0.25) is 9.59 Å². The van der Waals surface area contributed by atoms with Crippen LogP contribution in [0.2, 0.25) is 0 Å². The minimum absolute atomic E-state index is 0.149. The topological polar surface area (TPSA) is 49.9 Å². The van der Waals surface area contributed by atoms with E-state index >= 15 is 0 Å². The third kappa shape index (κ3) is 3.45. The zero-order chi connectivity index (χ0) is 20.6. The Morgan fingerprint density at radius 1 is 1.07 bits per heavy atom. The first-order valence-electron chi connectivity index (χ1n) is 9.65. The molecule has 2 fully saturated rings. The summed E-state index contributed by atoms with van der Waals surface area (Å²) in [6, 6.07) is 10.2. The summed E-state index contributed by atoms with van der Waals surface area (Å²) < 4.78 is 32.6. The van der Waals surface area contributed by atoms with Gasteiger partial charge in [0.05, 0.1) is 18.2 Å². The van der Waals surface area contributed by atoms with Gasteiger partial charge < -0.3 is 14.5 Å². The molecule has 1 saturated heterocycles. The molecule has 5 nitrogen and oxygen atoms in total. The fourth-order valence-corrected chi connectivity index (χ4v) is 4.52. The molecule has 1 aliphatic carbocycles. The lowest BCUT2D eigenvalue weighted by Crippen LogP contribution is -2.65. The Hall–Kier alpha value is -2.96. The number of hydrogen-bond donors (Lipinski definition) is 0. The van der Waals surface area contributed by atoms with Crippen LogP contribution in [-0.4, -0.2) is 42.5 Å². The van der Waals surface area contributed by atoms with Crippen molar-refractivity contribution >= 4 is 17.5 Å². The van der Waals surface area contributed by atoms with E-state index in [2.05, 4.69) is 0 Å². The molecule has 2 aromatic carbocycles. The monoisotopic (exact) mass is 400 g/mol. The van der Waals surface area contributed by atoms with E-state index in [1.54, 1.807) is 24.1 Å². The maximum Gasteiger partial charge on any atom is 0.257 e. The number of hydrogen-bond acceptors (Lipinski definition) is 3. The third-order valence-corrected chi connectivity index (χ3v) is 5.85. The summed E-state index contributed by atoms with van der Waals surface area (Å²) in [4.78, 5) is 29.3. The minimum Gasteiger partial charge on any atom is -0.497 e. The van der Waals surface area contributed by atoms with Crippen molar-refractivity contribution in [1.29, 1.82) is 0 Å². The van der Waals surface area contributed by atoms with E-state index < -0.39 is 23.1 Å². The highest BCUT2D eigenvalue weighted by Gasteiger charge is 2.49. The summed E-state index contributed by atoms with van der Waals surface area (Å²) >= 11 is 0. The first-order valence-corrected chi connectivity index (χ1v) is 9.65. The Morgan fingerprint density at radius 2 is 1.76 bits per heavy atom. The van der Waals surface area contributed by atoms with Crippen molar-refractivity contribution in [2.45, 2.75) is 31.2 Å². The Kier molecular flexibility index (Phi) is 4.98. The number of rotatable bonds is 3. The zero-order valence-corrected chi connectivity index (χ0v) is 16.2. The Bertz CT molecular complexity index is 940. The molecular weight excluding hydrogens is 378 g/mol. The van der Waals surface area contributed by atoms with Gasteiger partial charge in [-0.15, -0.1) is 0 Å². The largest absolute Gasteiger partial charge is 0.497 e. The summed E-state index contributed by atoms with van der Waals surface area (Å²) in [5.41, 5.74) is 0.0267. The van der Waals surface area contributed by atoms with E-state index in [1.807, 2.05) is 12.1 Å². The molecular formula is C22H22F2N2O3. The van der Waals surface area contributed by atoms with Gasteiger partial charge in [0.1, 0.15) is 23.9 Å². The molecule has 0 N–H and O–H groups in total. The van der Waals surface area contributed by atoms with Crippen LogP contribution >= 0.6 is 0 Å². The maximum absolute atomic E-state index is 14.1. The van der Waals surface area contributed by atoms with Crippen LogP contribution < -0.4 is 9.64 Å². The van der Waals surface area contributed by atoms with Crippen molar-refractivity contribution in [3.05, 3.63) is 59.7 Å². The number of piperazine rings is 1. The van der Waals surface area contributed by atoms with Gasteiger partial charge in [-0.2, -0.15) is 0 Å². The SMILES string of the molecule is COc1ccc(N2C(=O)CN(C(=O)c3ccc(F)cc3F)CC23CCCC3)cc1. The summed E-state index contributed by atoms with van der Waals surface area (Å²) in [5, 5.41) is 0. The number of halogens is 2. The number of benzene rings is 2. The standard InChI is InChI=1S/C22H22F2N2O3/c1-29-17-7-5-16(6-8-17)26-20(27)13-25(14-22(26)10-2-3-11-22)21(28)18-9-4-15(23)12-19(18)24/h4-9,12H,2-3,10-11,13-14H2,1H3. The molecule has 2 aromatic rings. The van der Waals surface area contributed by atoms with Crippen molar-refractivity contribution in [2.75, 3.05) is 25.1 Å².